The fourth-order valence-electron chi connectivity index (χ4n) is 3.37. The van der Waals surface area contributed by atoms with Gasteiger partial charge in [-0.2, -0.15) is 0 Å². The van der Waals surface area contributed by atoms with E-state index >= 15 is 0 Å². The molecule has 5 rings (SSSR count). The Hall–Kier alpha value is -1.37. The number of carbonyl (C=O) groups is 1. The van der Waals surface area contributed by atoms with Crippen molar-refractivity contribution in [1.82, 2.24) is 15.2 Å². The predicted molar refractivity (Wildman–Crippen MR) is 93.1 cm³/mol. The first-order valence-corrected chi connectivity index (χ1v) is 9.63. The van der Waals surface area contributed by atoms with Gasteiger partial charge in [-0.15, -0.1) is 11.3 Å². The normalized spacial score (nSPS) is 26.2. The number of hydrogen-bond acceptors (Lipinski definition) is 5. The minimum Gasteiger partial charge on any atom is -0.347 e. The highest BCUT2D eigenvalue weighted by Gasteiger charge is 2.35. The van der Waals surface area contributed by atoms with E-state index < -0.39 is 0 Å². The van der Waals surface area contributed by atoms with Gasteiger partial charge < -0.3 is 10.2 Å². The second-order valence-electron chi connectivity index (χ2n) is 6.12. The van der Waals surface area contributed by atoms with E-state index in [2.05, 4.69) is 27.3 Å². The topological polar surface area (TPSA) is 45.2 Å². The molecule has 1 unspecified atom stereocenters. The van der Waals surface area contributed by atoms with Gasteiger partial charge in [-0.05, 0) is 44.0 Å². The lowest BCUT2D eigenvalue weighted by Gasteiger charge is -2.44. The minimum atomic E-state index is 0.0289. The minimum absolute atomic E-state index is 0.0289. The van der Waals surface area contributed by atoms with Crippen LogP contribution in [-0.2, 0) is 0 Å². The van der Waals surface area contributed by atoms with Crippen LogP contribution in [0.25, 0.3) is 0 Å². The van der Waals surface area contributed by atoms with Gasteiger partial charge >= 0.3 is 0 Å². The van der Waals surface area contributed by atoms with E-state index in [1.54, 1.807) is 18.0 Å². The number of nitrogens with one attached hydrogen (secondary N) is 1. The van der Waals surface area contributed by atoms with Crippen LogP contribution in [0.5, 0.6) is 0 Å². The first-order valence-electron chi connectivity index (χ1n) is 8.00. The molecular formula is C17H19N3OS2. The van der Waals surface area contributed by atoms with Crippen LogP contribution in [0.15, 0.2) is 45.8 Å². The number of hydrogen-bond donors (Lipinski definition) is 1. The SMILES string of the molecule is O=C(NC1CN2CCC1CC2)c1cnc(Sc2ccccc2)s1. The highest BCUT2D eigenvalue weighted by molar-refractivity contribution is 8.01. The number of thiazole rings is 1. The molecule has 1 aromatic heterocycles. The van der Waals surface area contributed by atoms with E-state index in [0.29, 0.717) is 16.8 Å². The maximum absolute atomic E-state index is 12.5. The number of carbonyl (C=O) groups excluding carboxylic acids is 1. The van der Waals surface area contributed by atoms with Crippen LogP contribution < -0.4 is 5.32 Å². The van der Waals surface area contributed by atoms with Gasteiger partial charge in [0.1, 0.15) is 4.88 Å². The molecule has 4 nitrogen and oxygen atoms in total. The summed E-state index contributed by atoms with van der Waals surface area (Å²) in [6, 6.07) is 10.4. The van der Waals surface area contributed by atoms with Crippen molar-refractivity contribution in [1.29, 1.82) is 0 Å². The van der Waals surface area contributed by atoms with Crippen LogP contribution in [-0.4, -0.2) is 41.5 Å². The van der Waals surface area contributed by atoms with Crippen molar-refractivity contribution in [2.24, 2.45) is 5.92 Å². The molecule has 0 spiro atoms. The average molecular weight is 345 g/mol. The molecule has 3 fully saturated rings. The van der Waals surface area contributed by atoms with E-state index in [4.69, 9.17) is 0 Å². The van der Waals surface area contributed by atoms with Gasteiger partial charge in [-0.1, -0.05) is 30.0 Å². The molecule has 0 radical (unpaired) electrons. The first-order chi connectivity index (χ1) is 11.3. The molecule has 1 N–H and O–H groups in total. The first kappa shape index (κ1) is 15.2. The van der Waals surface area contributed by atoms with Gasteiger partial charge in [0.05, 0.1) is 6.20 Å². The zero-order valence-corrected chi connectivity index (χ0v) is 14.4. The summed E-state index contributed by atoms with van der Waals surface area (Å²) in [5, 5.41) is 3.22. The zero-order chi connectivity index (χ0) is 15.6. The monoisotopic (exact) mass is 345 g/mol. The van der Waals surface area contributed by atoms with E-state index in [1.807, 2.05) is 18.2 Å². The number of aromatic nitrogens is 1. The van der Waals surface area contributed by atoms with Crippen molar-refractivity contribution in [3.63, 3.8) is 0 Å². The summed E-state index contributed by atoms with van der Waals surface area (Å²) in [7, 11) is 0. The standard InChI is InChI=1S/C17H19N3OS2/c21-16(19-14-11-20-8-6-12(14)7-9-20)15-10-18-17(23-15)22-13-4-2-1-3-5-13/h1-5,10,12,14H,6-9,11H2,(H,19,21). The van der Waals surface area contributed by atoms with Crippen LogP contribution in [0.3, 0.4) is 0 Å². The van der Waals surface area contributed by atoms with Crippen molar-refractivity contribution in [2.75, 3.05) is 19.6 Å². The summed E-state index contributed by atoms with van der Waals surface area (Å²) in [4.78, 5) is 21.2. The average Bonchev–Trinajstić information content (AvgIpc) is 3.05. The Morgan fingerprint density at radius 1 is 1.26 bits per heavy atom. The fourth-order valence-corrected chi connectivity index (χ4v) is 5.24. The van der Waals surface area contributed by atoms with Gasteiger partial charge in [-0.3, -0.25) is 4.79 Å². The molecule has 0 saturated carbocycles. The van der Waals surface area contributed by atoms with Crippen LogP contribution in [0.1, 0.15) is 22.5 Å². The molecule has 0 aliphatic carbocycles. The van der Waals surface area contributed by atoms with Gasteiger partial charge in [0.15, 0.2) is 4.34 Å². The molecule has 2 aromatic rings. The lowest BCUT2D eigenvalue weighted by molar-refractivity contribution is 0.0622. The lowest BCUT2D eigenvalue weighted by atomic mass is 9.84. The van der Waals surface area contributed by atoms with Gasteiger partial charge in [-0.25, -0.2) is 4.98 Å². The Kier molecular flexibility index (Phi) is 4.37. The van der Waals surface area contributed by atoms with Crippen LogP contribution in [0.2, 0.25) is 0 Å². The molecule has 1 amide bonds. The second kappa shape index (κ2) is 6.63. The summed E-state index contributed by atoms with van der Waals surface area (Å²) in [6.07, 6.45) is 4.12. The Balaban J connectivity index is 1.39. The van der Waals surface area contributed by atoms with Crippen LogP contribution in [0.4, 0.5) is 0 Å². The molecule has 1 aromatic carbocycles. The molecular weight excluding hydrogens is 326 g/mol. The zero-order valence-electron chi connectivity index (χ0n) is 12.8. The van der Waals surface area contributed by atoms with Crippen molar-refractivity contribution in [3.05, 3.63) is 41.4 Å². The van der Waals surface area contributed by atoms with Gasteiger partial charge in [0, 0.05) is 17.5 Å². The highest BCUT2D eigenvalue weighted by Crippen LogP contribution is 2.31. The van der Waals surface area contributed by atoms with Crippen LogP contribution >= 0.6 is 23.1 Å². The van der Waals surface area contributed by atoms with E-state index in [1.165, 1.54) is 37.3 Å². The smallest absolute Gasteiger partial charge is 0.263 e. The summed E-state index contributed by atoms with van der Waals surface area (Å²) >= 11 is 3.07. The van der Waals surface area contributed by atoms with E-state index in [9.17, 15) is 4.79 Å². The molecule has 3 aliphatic heterocycles. The predicted octanol–water partition coefficient (Wildman–Crippen LogP) is 3.12. The Bertz CT molecular complexity index is 680. The van der Waals surface area contributed by atoms with E-state index in [-0.39, 0.29) is 5.91 Å². The summed E-state index contributed by atoms with van der Waals surface area (Å²) in [6.45, 7) is 3.38. The summed E-state index contributed by atoms with van der Waals surface area (Å²) < 4.78 is 0.912. The number of benzene rings is 1. The third-order valence-electron chi connectivity index (χ3n) is 4.63. The van der Waals surface area contributed by atoms with Gasteiger partial charge in [0.2, 0.25) is 0 Å². The molecule has 4 heterocycles. The summed E-state index contributed by atoms with van der Waals surface area (Å²) in [5.41, 5.74) is 0. The third kappa shape index (κ3) is 3.44. The maximum Gasteiger partial charge on any atom is 0.263 e. The van der Waals surface area contributed by atoms with Crippen molar-refractivity contribution in [2.45, 2.75) is 28.1 Å². The highest BCUT2D eigenvalue weighted by atomic mass is 32.2. The third-order valence-corrected chi connectivity index (χ3v) is 6.71. The van der Waals surface area contributed by atoms with Crippen molar-refractivity contribution in [3.8, 4) is 0 Å². The van der Waals surface area contributed by atoms with E-state index in [0.717, 1.165) is 15.8 Å². The molecule has 3 saturated heterocycles. The Labute approximate surface area is 144 Å². The number of nitrogens with zero attached hydrogens (tertiary/aromatic N) is 2. The molecule has 6 heteroatoms. The number of fused-ring (bicyclic) bond motifs is 3. The van der Waals surface area contributed by atoms with Crippen molar-refractivity contribution >= 4 is 29.0 Å². The Morgan fingerprint density at radius 3 is 2.74 bits per heavy atom. The number of piperidine rings is 3. The second-order valence-corrected chi connectivity index (χ2v) is 8.47. The Morgan fingerprint density at radius 2 is 2.04 bits per heavy atom. The number of amides is 1. The molecule has 2 bridgehead atoms. The lowest BCUT2D eigenvalue weighted by Crippen LogP contribution is -2.57. The quantitative estimate of drug-likeness (QED) is 0.925. The molecule has 1 atom stereocenters. The maximum atomic E-state index is 12.5. The molecule has 3 aliphatic rings. The van der Waals surface area contributed by atoms with Gasteiger partial charge in [0.25, 0.3) is 5.91 Å². The fraction of sp³-hybridized carbons (Fsp3) is 0.412. The molecule has 23 heavy (non-hydrogen) atoms. The molecule has 120 valence electrons. The largest absolute Gasteiger partial charge is 0.347 e. The van der Waals surface area contributed by atoms with Crippen molar-refractivity contribution < 1.29 is 4.79 Å². The number of rotatable bonds is 4. The summed E-state index contributed by atoms with van der Waals surface area (Å²) in [5.74, 6) is 0.677. The van der Waals surface area contributed by atoms with Crippen LogP contribution in [0, 0.1) is 5.92 Å².